The molecule has 4 heteroatoms. The van der Waals surface area contributed by atoms with Crippen molar-refractivity contribution in [3.8, 4) is 0 Å². The normalized spacial score (nSPS) is 40.5. The quantitative estimate of drug-likeness (QED) is 0.737. The van der Waals surface area contributed by atoms with E-state index in [-0.39, 0.29) is 18.3 Å². The zero-order chi connectivity index (χ0) is 13.0. The van der Waals surface area contributed by atoms with E-state index >= 15 is 0 Å². The Balaban J connectivity index is 1.74. The number of rotatable bonds is 6. The highest BCUT2D eigenvalue weighted by atomic mass is 16.6. The molecule has 2 rings (SSSR count). The first-order chi connectivity index (χ1) is 8.72. The first-order valence-electron chi connectivity index (χ1n) is 7.16. The lowest BCUT2D eigenvalue weighted by atomic mass is 9.85. The van der Waals surface area contributed by atoms with Gasteiger partial charge in [0.1, 0.15) is 6.10 Å². The van der Waals surface area contributed by atoms with E-state index in [9.17, 15) is 5.11 Å². The largest absolute Gasteiger partial charge is 0.390 e. The fourth-order valence-electron chi connectivity index (χ4n) is 2.89. The number of hydrogen-bond acceptors (Lipinski definition) is 4. The summed E-state index contributed by atoms with van der Waals surface area (Å²) in [6.07, 6.45) is 5.60. The average Bonchev–Trinajstić information content (AvgIpc) is 2.36. The van der Waals surface area contributed by atoms with Gasteiger partial charge in [-0.15, -0.1) is 0 Å². The minimum atomic E-state index is -0.370. The summed E-state index contributed by atoms with van der Waals surface area (Å²) in [5.74, 6) is 0.635. The highest BCUT2D eigenvalue weighted by Gasteiger charge is 2.43. The Morgan fingerprint density at radius 3 is 2.56 bits per heavy atom. The molecule has 2 aliphatic rings. The molecule has 0 spiro atoms. The Morgan fingerprint density at radius 1 is 1.11 bits per heavy atom. The lowest BCUT2D eigenvalue weighted by molar-refractivity contribution is -0.218. The highest BCUT2D eigenvalue weighted by molar-refractivity contribution is 4.93. The number of methoxy groups -OCH3 is 1. The van der Waals surface area contributed by atoms with Crippen LogP contribution >= 0.6 is 0 Å². The van der Waals surface area contributed by atoms with Crippen LogP contribution in [0.3, 0.4) is 0 Å². The number of hydrogen-bond donors (Lipinski definition) is 1. The molecule has 4 nitrogen and oxygen atoms in total. The van der Waals surface area contributed by atoms with Crippen molar-refractivity contribution in [2.24, 2.45) is 5.92 Å². The smallest absolute Gasteiger partial charge is 0.110 e. The maximum atomic E-state index is 9.73. The molecule has 2 aliphatic carbocycles. The summed E-state index contributed by atoms with van der Waals surface area (Å²) in [5.41, 5.74) is 0. The van der Waals surface area contributed by atoms with E-state index < -0.39 is 0 Å². The molecule has 5 unspecified atom stereocenters. The third kappa shape index (κ3) is 3.44. The van der Waals surface area contributed by atoms with Gasteiger partial charge in [-0.05, 0) is 18.8 Å². The molecule has 2 fully saturated rings. The zero-order valence-electron chi connectivity index (χ0n) is 11.5. The van der Waals surface area contributed by atoms with Gasteiger partial charge in [-0.3, -0.25) is 0 Å². The van der Waals surface area contributed by atoms with E-state index in [4.69, 9.17) is 14.2 Å². The van der Waals surface area contributed by atoms with Crippen molar-refractivity contribution in [3.63, 3.8) is 0 Å². The van der Waals surface area contributed by atoms with E-state index in [2.05, 4.69) is 6.92 Å². The van der Waals surface area contributed by atoms with Gasteiger partial charge < -0.3 is 19.3 Å². The van der Waals surface area contributed by atoms with Crippen molar-refractivity contribution in [1.82, 2.24) is 0 Å². The molecule has 18 heavy (non-hydrogen) atoms. The molecule has 2 saturated carbocycles. The van der Waals surface area contributed by atoms with Crippen molar-refractivity contribution >= 4 is 0 Å². The summed E-state index contributed by atoms with van der Waals surface area (Å²) in [6, 6.07) is 0. The third-order valence-electron chi connectivity index (χ3n) is 4.20. The van der Waals surface area contributed by atoms with Crippen molar-refractivity contribution in [2.45, 2.75) is 63.4 Å². The Morgan fingerprint density at radius 2 is 1.89 bits per heavy atom. The minimum Gasteiger partial charge on any atom is -0.390 e. The predicted molar refractivity (Wildman–Crippen MR) is 68.5 cm³/mol. The molecule has 0 radical (unpaired) electrons. The third-order valence-corrected chi connectivity index (χ3v) is 4.20. The molecule has 0 aliphatic heterocycles. The van der Waals surface area contributed by atoms with Crippen LogP contribution in [0.15, 0.2) is 0 Å². The van der Waals surface area contributed by atoms with Crippen molar-refractivity contribution in [3.05, 3.63) is 0 Å². The summed E-state index contributed by atoms with van der Waals surface area (Å²) in [5, 5.41) is 9.73. The van der Waals surface area contributed by atoms with Gasteiger partial charge in [-0.1, -0.05) is 19.8 Å². The monoisotopic (exact) mass is 258 g/mol. The molecule has 0 aromatic rings. The second-order valence-corrected chi connectivity index (χ2v) is 5.61. The first kappa shape index (κ1) is 14.3. The zero-order valence-corrected chi connectivity index (χ0v) is 11.5. The molecule has 0 aromatic heterocycles. The number of aliphatic hydroxyl groups excluding tert-OH is 1. The van der Waals surface area contributed by atoms with Crippen LogP contribution in [0.4, 0.5) is 0 Å². The van der Waals surface area contributed by atoms with E-state index in [1.165, 1.54) is 19.3 Å². The van der Waals surface area contributed by atoms with Gasteiger partial charge in [0.05, 0.1) is 31.5 Å². The molecule has 0 bridgehead atoms. The topological polar surface area (TPSA) is 47.9 Å². The summed E-state index contributed by atoms with van der Waals surface area (Å²) in [7, 11) is 1.65. The van der Waals surface area contributed by atoms with Crippen LogP contribution in [0.5, 0.6) is 0 Å². The lowest BCUT2D eigenvalue weighted by Crippen LogP contribution is -2.55. The Labute approximate surface area is 110 Å². The summed E-state index contributed by atoms with van der Waals surface area (Å²) >= 11 is 0. The minimum absolute atomic E-state index is 0.0717. The Kier molecular flexibility index (Phi) is 5.42. The molecule has 5 atom stereocenters. The highest BCUT2D eigenvalue weighted by Crippen LogP contribution is 2.33. The first-order valence-corrected chi connectivity index (χ1v) is 7.16. The van der Waals surface area contributed by atoms with Gasteiger partial charge in [-0.2, -0.15) is 0 Å². The van der Waals surface area contributed by atoms with Crippen LogP contribution < -0.4 is 0 Å². The molecule has 0 aromatic carbocycles. The molecule has 0 saturated heterocycles. The van der Waals surface area contributed by atoms with E-state index in [1.807, 2.05) is 0 Å². The van der Waals surface area contributed by atoms with Gasteiger partial charge >= 0.3 is 0 Å². The van der Waals surface area contributed by atoms with Gasteiger partial charge in [0.2, 0.25) is 0 Å². The van der Waals surface area contributed by atoms with Gasteiger partial charge in [0.15, 0.2) is 0 Å². The van der Waals surface area contributed by atoms with Gasteiger partial charge in [0, 0.05) is 13.5 Å². The van der Waals surface area contributed by atoms with Crippen LogP contribution in [0.25, 0.3) is 0 Å². The van der Waals surface area contributed by atoms with Crippen molar-refractivity contribution in [1.29, 1.82) is 0 Å². The maximum absolute atomic E-state index is 9.73. The van der Waals surface area contributed by atoms with Gasteiger partial charge in [-0.25, -0.2) is 0 Å². The number of aliphatic hydroxyl groups is 1. The van der Waals surface area contributed by atoms with E-state index in [0.717, 1.165) is 6.42 Å². The van der Waals surface area contributed by atoms with Crippen LogP contribution in [0.2, 0.25) is 0 Å². The molecule has 0 heterocycles. The van der Waals surface area contributed by atoms with Crippen LogP contribution in [0.1, 0.15) is 39.0 Å². The summed E-state index contributed by atoms with van der Waals surface area (Å²) in [6.45, 7) is 3.35. The fraction of sp³-hybridized carbons (Fsp3) is 1.00. The second kappa shape index (κ2) is 6.85. The number of ether oxygens (including phenoxy) is 3. The van der Waals surface area contributed by atoms with Crippen LogP contribution in [-0.2, 0) is 14.2 Å². The standard InChI is InChI=1S/C14H26O4/c1-10-5-3-4-6-12(10)18-13-9-11(15)14(13)17-8-7-16-2/h10-15H,3-9H2,1-2H3. The van der Waals surface area contributed by atoms with Crippen molar-refractivity contribution in [2.75, 3.05) is 20.3 Å². The van der Waals surface area contributed by atoms with Crippen LogP contribution in [0, 0.1) is 5.92 Å². The summed E-state index contributed by atoms with van der Waals surface area (Å²) in [4.78, 5) is 0. The second-order valence-electron chi connectivity index (χ2n) is 5.61. The Hall–Kier alpha value is -0.160. The van der Waals surface area contributed by atoms with E-state index in [0.29, 0.717) is 31.7 Å². The van der Waals surface area contributed by atoms with Crippen molar-refractivity contribution < 1.29 is 19.3 Å². The molecule has 106 valence electrons. The molecular weight excluding hydrogens is 232 g/mol. The molecule has 0 amide bonds. The Bertz CT molecular complexity index is 246. The lowest BCUT2D eigenvalue weighted by Gasteiger charge is -2.44. The summed E-state index contributed by atoms with van der Waals surface area (Å²) < 4.78 is 16.7. The van der Waals surface area contributed by atoms with Crippen LogP contribution in [-0.4, -0.2) is 49.8 Å². The molecule has 1 N–H and O–H groups in total. The van der Waals surface area contributed by atoms with E-state index in [1.54, 1.807) is 7.11 Å². The molecular formula is C14H26O4. The van der Waals surface area contributed by atoms with Gasteiger partial charge in [0.25, 0.3) is 0 Å². The SMILES string of the molecule is COCCOC1C(O)CC1OC1CCCCC1C. The average molecular weight is 258 g/mol. The maximum Gasteiger partial charge on any atom is 0.110 e. The predicted octanol–water partition coefficient (Wildman–Crippen LogP) is 1.75. The fourth-order valence-corrected chi connectivity index (χ4v) is 2.89.